The van der Waals surface area contributed by atoms with E-state index in [4.69, 9.17) is 9.47 Å². The highest BCUT2D eigenvalue weighted by Gasteiger charge is 2.29. The SMILES string of the molecule is CC(C[NH2+]C[C@@H](O)[C@@H]1CCc2cc(F)ccc2O1)[C@H]1CCc2cc(F)ccc2O1. The summed E-state index contributed by atoms with van der Waals surface area (Å²) in [6.45, 7) is 3.51. The summed E-state index contributed by atoms with van der Waals surface area (Å²) in [6, 6.07) is 9.22. The van der Waals surface area contributed by atoms with Crippen LogP contribution < -0.4 is 14.8 Å². The summed E-state index contributed by atoms with van der Waals surface area (Å²) < 4.78 is 38.6. The van der Waals surface area contributed by atoms with Gasteiger partial charge in [0.25, 0.3) is 0 Å². The Balaban J connectivity index is 1.24. The number of halogens is 2. The van der Waals surface area contributed by atoms with Crippen molar-refractivity contribution in [2.75, 3.05) is 13.1 Å². The Morgan fingerprint density at radius 2 is 1.48 bits per heavy atom. The number of nitrogens with two attached hydrogens (primary N) is 1. The van der Waals surface area contributed by atoms with Gasteiger partial charge in [0.05, 0.1) is 6.54 Å². The Bertz CT molecular complexity index is 791. The fourth-order valence-electron chi connectivity index (χ4n) is 4.26. The topological polar surface area (TPSA) is 55.3 Å². The van der Waals surface area contributed by atoms with Crippen molar-refractivity contribution in [3.8, 4) is 11.5 Å². The summed E-state index contributed by atoms with van der Waals surface area (Å²) in [5.74, 6) is 1.27. The van der Waals surface area contributed by atoms with Crippen molar-refractivity contribution in [3.05, 3.63) is 59.2 Å². The van der Waals surface area contributed by atoms with Crippen LogP contribution in [0.1, 0.15) is 30.9 Å². The van der Waals surface area contributed by atoms with E-state index < -0.39 is 6.10 Å². The minimum atomic E-state index is -0.587. The molecule has 156 valence electrons. The predicted molar refractivity (Wildman–Crippen MR) is 105 cm³/mol. The second-order valence-corrected chi connectivity index (χ2v) is 8.20. The van der Waals surface area contributed by atoms with Crippen molar-refractivity contribution in [2.45, 2.75) is 50.9 Å². The Hall–Kier alpha value is -2.18. The van der Waals surface area contributed by atoms with E-state index in [9.17, 15) is 13.9 Å². The van der Waals surface area contributed by atoms with E-state index in [0.717, 1.165) is 36.3 Å². The second-order valence-electron chi connectivity index (χ2n) is 8.20. The van der Waals surface area contributed by atoms with Crippen molar-refractivity contribution in [3.63, 3.8) is 0 Å². The summed E-state index contributed by atoms with van der Waals surface area (Å²) in [5.41, 5.74) is 1.79. The van der Waals surface area contributed by atoms with Crippen LogP contribution in [0.5, 0.6) is 11.5 Å². The minimum Gasteiger partial charge on any atom is -0.490 e. The van der Waals surface area contributed by atoms with Crippen LogP contribution in [0.25, 0.3) is 0 Å². The molecule has 0 fully saturated rings. The smallest absolute Gasteiger partial charge is 0.139 e. The van der Waals surface area contributed by atoms with Gasteiger partial charge >= 0.3 is 0 Å². The van der Waals surface area contributed by atoms with E-state index >= 15 is 0 Å². The molecule has 2 aliphatic heterocycles. The average molecular weight is 404 g/mol. The van der Waals surface area contributed by atoms with Crippen LogP contribution in [-0.4, -0.2) is 36.5 Å². The van der Waals surface area contributed by atoms with Crippen molar-refractivity contribution in [1.82, 2.24) is 0 Å². The lowest BCUT2D eigenvalue weighted by Gasteiger charge is -2.31. The molecule has 2 aromatic carbocycles. The molecule has 2 heterocycles. The fraction of sp³-hybridized carbons (Fsp3) is 0.478. The van der Waals surface area contributed by atoms with Gasteiger partial charge in [0.2, 0.25) is 0 Å². The Kier molecular flexibility index (Phi) is 6.01. The first-order valence-electron chi connectivity index (χ1n) is 10.4. The Labute approximate surface area is 169 Å². The molecule has 2 aliphatic rings. The monoisotopic (exact) mass is 404 g/mol. The number of quaternary nitrogens is 1. The van der Waals surface area contributed by atoms with Crippen LogP contribution in [-0.2, 0) is 12.8 Å². The van der Waals surface area contributed by atoms with Gasteiger partial charge < -0.3 is 19.9 Å². The largest absolute Gasteiger partial charge is 0.490 e. The number of aliphatic hydroxyl groups excluding tert-OH is 1. The first-order chi connectivity index (χ1) is 14.0. The maximum atomic E-state index is 13.3. The van der Waals surface area contributed by atoms with Gasteiger partial charge in [0.1, 0.15) is 48.0 Å². The molecule has 1 unspecified atom stereocenters. The van der Waals surface area contributed by atoms with Gasteiger partial charge in [-0.1, -0.05) is 6.92 Å². The molecule has 0 amide bonds. The molecule has 0 aliphatic carbocycles. The van der Waals surface area contributed by atoms with Gasteiger partial charge in [-0.25, -0.2) is 8.78 Å². The maximum absolute atomic E-state index is 13.3. The van der Waals surface area contributed by atoms with Gasteiger partial charge in [-0.2, -0.15) is 0 Å². The van der Waals surface area contributed by atoms with Crippen LogP contribution in [0.15, 0.2) is 36.4 Å². The van der Waals surface area contributed by atoms with Gasteiger partial charge in [0, 0.05) is 5.92 Å². The lowest BCUT2D eigenvalue weighted by molar-refractivity contribution is -0.668. The second kappa shape index (κ2) is 8.67. The summed E-state index contributed by atoms with van der Waals surface area (Å²) in [5, 5.41) is 12.6. The minimum absolute atomic E-state index is 0.0917. The highest BCUT2D eigenvalue weighted by Crippen LogP contribution is 2.31. The summed E-state index contributed by atoms with van der Waals surface area (Å²) >= 11 is 0. The zero-order valence-electron chi connectivity index (χ0n) is 16.6. The van der Waals surface area contributed by atoms with Crippen LogP contribution in [0.4, 0.5) is 8.78 Å². The molecular formula is C23H28F2NO3+. The summed E-state index contributed by atoms with van der Waals surface area (Å²) in [7, 11) is 0. The average Bonchev–Trinajstić information content (AvgIpc) is 2.72. The number of aryl methyl sites for hydroxylation is 2. The molecule has 4 rings (SSSR count). The van der Waals surface area contributed by atoms with Crippen molar-refractivity contribution in [2.24, 2.45) is 5.92 Å². The molecule has 4 nitrogen and oxygen atoms in total. The van der Waals surface area contributed by atoms with E-state index in [0.29, 0.717) is 31.1 Å². The zero-order valence-corrected chi connectivity index (χ0v) is 16.6. The molecule has 0 bridgehead atoms. The molecule has 0 aromatic heterocycles. The number of fused-ring (bicyclic) bond motifs is 2. The highest BCUT2D eigenvalue weighted by molar-refractivity contribution is 5.36. The Morgan fingerprint density at radius 1 is 0.931 bits per heavy atom. The summed E-state index contributed by atoms with van der Waals surface area (Å²) in [6.07, 6.45) is 2.31. The van der Waals surface area contributed by atoms with E-state index in [1.807, 2.05) is 0 Å². The molecule has 0 radical (unpaired) electrons. The third-order valence-electron chi connectivity index (χ3n) is 6.01. The molecule has 4 atom stereocenters. The van der Waals surface area contributed by atoms with E-state index in [-0.39, 0.29) is 23.8 Å². The van der Waals surface area contributed by atoms with Crippen LogP contribution in [0.2, 0.25) is 0 Å². The number of rotatable bonds is 6. The van der Waals surface area contributed by atoms with Crippen LogP contribution in [0, 0.1) is 17.6 Å². The first kappa shape index (κ1) is 20.1. The van der Waals surface area contributed by atoms with Crippen LogP contribution in [0.3, 0.4) is 0 Å². The van der Waals surface area contributed by atoms with Crippen molar-refractivity contribution < 1.29 is 28.7 Å². The zero-order chi connectivity index (χ0) is 20.4. The predicted octanol–water partition coefficient (Wildman–Crippen LogP) is 2.61. The number of hydrogen-bond donors (Lipinski definition) is 2. The van der Waals surface area contributed by atoms with Gasteiger partial charge in [0.15, 0.2) is 0 Å². The summed E-state index contributed by atoms with van der Waals surface area (Å²) in [4.78, 5) is 0. The maximum Gasteiger partial charge on any atom is 0.139 e. The molecular weight excluding hydrogens is 376 g/mol. The highest BCUT2D eigenvalue weighted by atomic mass is 19.1. The number of ether oxygens (including phenoxy) is 2. The molecule has 0 saturated carbocycles. The standard InChI is InChI=1S/C23H27F2NO3/c1-14(20-6-2-15-10-17(24)4-8-21(15)28-20)12-26-13-19(27)23-7-3-16-11-18(25)5-9-22(16)29-23/h4-5,8-11,14,19-20,23,26-27H,2-3,6-7,12-13H2,1H3/p+1/t14?,19-,20-,23+/m1/s1. The van der Waals surface area contributed by atoms with E-state index in [1.54, 1.807) is 18.2 Å². The lowest BCUT2D eigenvalue weighted by atomic mass is 9.94. The molecule has 0 saturated heterocycles. The van der Waals surface area contributed by atoms with Gasteiger partial charge in [-0.3, -0.25) is 0 Å². The molecule has 0 spiro atoms. The number of benzene rings is 2. The van der Waals surface area contributed by atoms with Crippen molar-refractivity contribution in [1.29, 1.82) is 0 Å². The number of hydrogen-bond acceptors (Lipinski definition) is 3. The van der Waals surface area contributed by atoms with E-state index in [2.05, 4.69) is 12.2 Å². The van der Waals surface area contributed by atoms with Crippen molar-refractivity contribution >= 4 is 0 Å². The third-order valence-corrected chi connectivity index (χ3v) is 6.01. The van der Waals surface area contributed by atoms with Gasteiger partial charge in [-0.05, 0) is 73.2 Å². The lowest BCUT2D eigenvalue weighted by Crippen LogP contribution is -2.88. The van der Waals surface area contributed by atoms with Gasteiger partial charge in [-0.15, -0.1) is 0 Å². The fourth-order valence-corrected chi connectivity index (χ4v) is 4.26. The molecule has 3 N–H and O–H groups in total. The van der Waals surface area contributed by atoms with E-state index in [1.165, 1.54) is 18.2 Å². The number of aliphatic hydroxyl groups is 1. The quantitative estimate of drug-likeness (QED) is 0.778. The third kappa shape index (κ3) is 4.70. The van der Waals surface area contributed by atoms with Crippen LogP contribution >= 0.6 is 0 Å². The Morgan fingerprint density at radius 3 is 2.10 bits per heavy atom. The molecule has 6 heteroatoms. The first-order valence-corrected chi connectivity index (χ1v) is 10.4. The normalized spacial score (nSPS) is 22.6. The molecule has 29 heavy (non-hydrogen) atoms. The molecule has 2 aromatic rings.